The van der Waals surface area contributed by atoms with Gasteiger partial charge in [0.05, 0.1) is 6.61 Å². The Labute approximate surface area is 90.1 Å². The van der Waals surface area contributed by atoms with Crippen molar-refractivity contribution in [3.8, 4) is 0 Å². The van der Waals surface area contributed by atoms with Crippen LogP contribution in [0, 0.1) is 0 Å². The molecule has 0 aliphatic carbocycles. The van der Waals surface area contributed by atoms with E-state index in [0.29, 0.717) is 0 Å². The molecule has 0 atom stereocenters. The number of methoxy groups -OCH3 is 1. The number of hydrogen-bond acceptors (Lipinski definition) is 2. The summed E-state index contributed by atoms with van der Waals surface area (Å²) in [5.41, 5.74) is 0. The van der Waals surface area contributed by atoms with E-state index in [1.54, 1.807) is 7.11 Å². The maximum Gasteiger partial charge on any atom is 0.256 e. The summed E-state index contributed by atoms with van der Waals surface area (Å²) in [6, 6.07) is 0. The monoisotopic (exact) mass is 215 g/mol. The zero-order chi connectivity index (χ0) is 10.4. The van der Waals surface area contributed by atoms with E-state index < -0.39 is 0 Å². The average molecular weight is 215 g/mol. The lowest BCUT2D eigenvalue weighted by atomic mass is 10.4. The summed E-state index contributed by atoms with van der Waals surface area (Å²) in [5, 5.41) is 0. The summed E-state index contributed by atoms with van der Waals surface area (Å²) in [7, 11) is 1.74. The molecule has 1 aromatic heterocycles. The van der Waals surface area contributed by atoms with Crippen molar-refractivity contribution in [3.05, 3.63) is 18.2 Å². The minimum Gasteiger partial charge on any atom is -0.381 e. The van der Waals surface area contributed by atoms with Crippen molar-refractivity contribution in [2.24, 2.45) is 0 Å². The molecule has 0 saturated heterocycles. The molecule has 3 nitrogen and oxygen atoms in total. The van der Waals surface area contributed by atoms with Gasteiger partial charge in [-0.2, -0.15) is 0 Å². The first-order valence-electron chi connectivity index (χ1n) is 4.88. The van der Waals surface area contributed by atoms with Crippen LogP contribution in [0.3, 0.4) is 0 Å². The van der Waals surface area contributed by atoms with E-state index in [1.807, 2.05) is 11.8 Å². The standard InChI is InChI=1S/C10H19N2OS/c1-4-10-11(7-8-13-2)5-6-12(10)9-14-3/h5-6H,4,7-9H2,1-3H3/q+1. The lowest BCUT2D eigenvalue weighted by Gasteiger charge is -2.01. The highest BCUT2D eigenvalue weighted by atomic mass is 32.2. The molecule has 0 aromatic carbocycles. The fourth-order valence-corrected chi connectivity index (χ4v) is 2.07. The Balaban J connectivity index is 2.73. The average Bonchev–Trinajstić information content (AvgIpc) is 2.58. The molecule has 0 aliphatic heterocycles. The molecule has 0 spiro atoms. The van der Waals surface area contributed by atoms with E-state index in [-0.39, 0.29) is 0 Å². The molecular formula is C10H19N2OS+. The van der Waals surface area contributed by atoms with Gasteiger partial charge in [0.15, 0.2) is 0 Å². The highest BCUT2D eigenvalue weighted by molar-refractivity contribution is 7.97. The van der Waals surface area contributed by atoms with E-state index in [9.17, 15) is 0 Å². The highest BCUT2D eigenvalue weighted by Gasteiger charge is 2.13. The summed E-state index contributed by atoms with van der Waals surface area (Å²) in [4.78, 5) is 0. The van der Waals surface area contributed by atoms with Gasteiger partial charge in [-0.05, 0) is 6.26 Å². The summed E-state index contributed by atoms with van der Waals surface area (Å²) in [6.45, 7) is 3.91. The molecule has 0 aliphatic rings. The van der Waals surface area contributed by atoms with Crippen LogP contribution in [0.2, 0.25) is 0 Å². The second-order valence-corrected chi connectivity index (χ2v) is 3.98. The molecule has 0 bridgehead atoms. The van der Waals surface area contributed by atoms with Crippen molar-refractivity contribution in [2.45, 2.75) is 25.8 Å². The van der Waals surface area contributed by atoms with Gasteiger partial charge in [0.2, 0.25) is 0 Å². The number of imidazole rings is 1. The van der Waals surface area contributed by atoms with Crippen LogP contribution in [-0.4, -0.2) is 24.5 Å². The SMILES string of the molecule is CCc1n(CCOC)cc[n+]1CSC. The Hall–Kier alpha value is -0.480. The van der Waals surface area contributed by atoms with Gasteiger partial charge in [0.1, 0.15) is 24.8 Å². The first-order valence-corrected chi connectivity index (χ1v) is 6.28. The highest BCUT2D eigenvalue weighted by Crippen LogP contribution is 2.00. The molecule has 0 saturated carbocycles. The van der Waals surface area contributed by atoms with Crippen LogP contribution >= 0.6 is 11.8 Å². The van der Waals surface area contributed by atoms with Crippen molar-refractivity contribution in [3.63, 3.8) is 0 Å². The van der Waals surface area contributed by atoms with Crippen LogP contribution < -0.4 is 4.57 Å². The van der Waals surface area contributed by atoms with Gasteiger partial charge >= 0.3 is 0 Å². The van der Waals surface area contributed by atoms with E-state index in [0.717, 1.165) is 25.4 Å². The van der Waals surface area contributed by atoms with Gasteiger partial charge in [-0.1, -0.05) is 6.92 Å². The van der Waals surface area contributed by atoms with Crippen molar-refractivity contribution in [1.29, 1.82) is 0 Å². The summed E-state index contributed by atoms with van der Waals surface area (Å²) in [6.07, 6.45) is 7.47. The Morgan fingerprint density at radius 1 is 1.57 bits per heavy atom. The topological polar surface area (TPSA) is 18.0 Å². The van der Waals surface area contributed by atoms with Crippen molar-refractivity contribution in [1.82, 2.24) is 4.57 Å². The number of thioether (sulfide) groups is 1. The van der Waals surface area contributed by atoms with Crippen LogP contribution in [0.25, 0.3) is 0 Å². The molecular weight excluding hydrogens is 196 g/mol. The summed E-state index contributed by atoms with van der Waals surface area (Å²) >= 11 is 1.84. The molecule has 0 radical (unpaired) electrons. The van der Waals surface area contributed by atoms with E-state index in [1.165, 1.54) is 5.82 Å². The molecule has 14 heavy (non-hydrogen) atoms. The summed E-state index contributed by atoms with van der Waals surface area (Å²) in [5.74, 6) is 2.40. The minimum atomic E-state index is 0.779. The zero-order valence-electron chi connectivity index (χ0n) is 9.19. The van der Waals surface area contributed by atoms with Crippen LogP contribution in [0.5, 0.6) is 0 Å². The second kappa shape index (κ2) is 6.09. The number of hydrogen-bond donors (Lipinski definition) is 0. The van der Waals surface area contributed by atoms with Gasteiger partial charge in [-0.15, -0.1) is 11.8 Å². The molecule has 0 fully saturated rings. The third-order valence-electron chi connectivity index (χ3n) is 2.21. The second-order valence-electron chi connectivity index (χ2n) is 3.14. The first-order chi connectivity index (χ1) is 6.83. The maximum absolute atomic E-state index is 5.08. The Kier molecular flexibility index (Phi) is 5.04. The van der Waals surface area contributed by atoms with Crippen molar-refractivity contribution < 1.29 is 9.30 Å². The van der Waals surface area contributed by atoms with Gasteiger partial charge in [0, 0.05) is 13.5 Å². The fraction of sp³-hybridized carbons (Fsp3) is 0.700. The Morgan fingerprint density at radius 3 is 2.93 bits per heavy atom. The zero-order valence-corrected chi connectivity index (χ0v) is 10.0. The molecule has 4 heteroatoms. The lowest BCUT2D eigenvalue weighted by molar-refractivity contribution is -0.683. The summed E-state index contributed by atoms with van der Waals surface area (Å²) < 4.78 is 9.63. The third-order valence-corrected chi connectivity index (χ3v) is 2.75. The predicted molar refractivity (Wildman–Crippen MR) is 59.4 cm³/mol. The van der Waals surface area contributed by atoms with Gasteiger partial charge < -0.3 is 4.74 Å². The molecule has 80 valence electrons. The molecule has 1 rings (SSSR count). The van der Waals surface area contributed by atoms with Crippen LogP contribution in [0.4, 0.5) is 0 Å². The molecule has 0 unspecified atom stereocenters. The number of rotatable bonds is 6. The molecule has 0 amide bonds. The van der Waals surface area contributed by atoms with Crippen LogP contribution in [0.15, 0.2) is 12.4 Å². The van der Waals surface area contributed by atoms with Crippen molar-refractivity contribution >= 4 is 11.8 Å². The first kappa shape index (κ1) is 11.6. The van der Waals surface area contributed by atoms with E-state index in [2.05, 4.69) is 34.7 Å². The van der Waals surface area contributed by atoms with Gasteiger partial charge in [-0.3, -0.25) is 0 Å². The Morgan fingerprint density at radius 2 is 2.36 bits per heavy atom. The predicted octanol–water partition coefficient (Wildman–Crippen LogP) is 1.30. The van der Waals surface area contributed by atoms with Gasteiger partial charge in [-0.25, -0.2) is 9.13 Å². The van der Waals surface area contributed by atoms with E-state index >= 15 is 0 Å². The van der Waals surface area contributed by atoms with Crippen LogP contribution in [-0.2, 0) is 23.6 Å². The van der Waals surface area contributed by atoms with Gasteiger partial charge in [0.25, 0.3) is 5.82 Å². The number of aromatic nitrogens is 2. The lowest BCUT2D eigenvalue weighted by Crippen LogP contribution is -2.35. The minimum absolute atomic E-state index is 0.779. The third kappa shape index (κ3) is 2.75. The molecule has 0 N–H and O–H groups in total. The molecule has 1 heterocycles. The van der Waals surface area contributed by atoms with E-state index in [4.69, 9.17) is 4.74 Å². The quantitative estimate of drug-likeness (QED) is 0.666. The van der Waals surface area contributed by atoms with Crippen LogP contribution in [0.1, 0.15) is 12.7 Å². The fourth-order valence-electron chi connectivity index (χ4n) is 1.55. The largest absolute Gasteiger partial charge is 0.381 e. The molecule has 1 aromatic rings. The smallest absolute Gasteiger partial charge is 0.256 e. The maximum atomic E-state index is 5.08. The normalized spacial score (nSPS) is 10.8. The Bertz CT molecular complexity index is 273. The number of ether oxygens (including phenoxy) is 1. The number of nitrogens with zero attached hydrogens (tertiary/aromatic N) is 2. The van der Waals surface area contributed by atoms with Crippen molar-refractivity contribution in [2.75, 3.05) is 20.0 Å².